The molecule has 2 atom stereocenters. The molecule has 13 heavy (non-hydrogen) atoms. The van der Waals surface area contributed by atoms with Crippen molar-refractivity contribution >= 4 is 6.09 Å². The fraction of sp³-hybridized carbons (Fsp3) is 0.889. The number of carboxylic acid groups (broad SMARTS) is 1. The van der Waals surface area contributed by atoms with E-state index in [0.29, 0.717) is 30.8 Å². The highest BCUT2D eigenvalue weighted by Crippen LogP contribution is 2.41. The van der Waals surface area contributed by atoms with Gasteiger partial charge < -0.3 is 15.7 Å². The minimum atomic E-state index is -0.771. The standard InChI is InChI=1S/C9H16N2O2/c10-3-8-6-1-2-7(8)5-11(4-6)9(12)13/h6-8H,1-5,10H2,(H,12,13). The third-order valence-electron chi connectivity index (χ3n) is 3.57. The first-order valence-electron chi connectivity index (χ1n) is 4.90. The molecule has 1 aliphatic heterocycles. The number of nitrogens with two attached hydrogens (primary N) is 1. The highest BCUT2D eigenvalue weighted by Gasteiger charge is 2.42. The molecule has 2 bridgehead atoms. The first-order chi connectivity index (χ1) is 6.22. The van der Waals surface area contributed by atoms with Crippen LogP contribution in [0.3, 0.4) is 0 Å². The van der Waals surface area contributed by atoms with Gasteiger partial charge in [0, 0.05) is 13.1 Å². The number of carbonyl (C=O) groups is 1. The summed E-state index contributed by atoms with van der Waals surface area (Å²) >= 11 is 0. The summed E-state index contributed by atoms with van der Waals surface area (Å²) in [6.07, 6.45) is 1.56. The fourth-order valence-electron chi connectivity index (χ4n) is 2.88. The zero-order chi connectivity index (χ0) is 9.42. The zero-order valence-electron chi connectivity index (χ0n) is 7.65. The number of fused-ring (bicyclic) bond motifs is 2. The third-order valence-corrected chi connectivity index (χ3v) is 3.57. The summed E-state index contributed by atoms with van der Waals surface area (Å²) in [4.78, 5) is 12.3. The largest absolute Gasteiger partial charge is 0.465 e. The molecule has 74 valence electrons. The Labute approximate surface area is 77.7 Å². The smallest absolute Gasteiger partial charge is 0.407 e. The molecule has 0 aromatic carbocycles. The maximum atomic E-state index is 10.8. The van der Waals surface area contributed by atoms with Crippen molar-refractivity contribution in [3.8, 4) is 0 Å². The summed E-state index contributed by atoms with van der Waals surface area (Å²) in [5, 5.41) is 8.86. The Hall–Kier alpha value is -0.770. The number of piperidine rings is 1. The molecule has 3 N–H and O–H groups in total. The predicted molar refractivity (Wildman–Crippen MR) is 48.4 cm³/mol. The maximum absolute atomic E-state index is 10.8. The van der Waals surface area contributed by atoms with Crippen molar-refractivity contribution in [1.82, 2.24) is 4.90 Å². The molecule has 1 saturated heterocycles. The monoisotopic (exact) mass is 184 g/mol. The lowest BCUT2D eigenvalue weighted by atomic mass is 9.85. The van der Waals surface area contributed by atoms with Gasteiger partial charge in [0.25, 0.3) is 0 Å². The molecule has 0 aromatic heterocycles. The average Bonchev–Trinajstić information content (AvgIpc) is 2.34. The van der Waals surface area contributed by atoms with Crippen LogP contribution in [0.25, 0.3) is 0 Å². The Balaban J connectivity index is 2.06. The molecule has 1 heterocycles. The quantitative estimate of drug-likeness (QED) is 0.626. The van der Waals surface area contributed by atoms with Gasteiger partial charge in [0.05, 0.1) is 0 Å². The van der Waals surface area contributed by atoms with Gasteiger partial charge in [-0.15, -0.1) is 0 Å². The number of hydrogen-bond donors (Lipinski definition) is 2. The highest BCUT2D eigenvalue weighted by molar-refractivity contribution is 5.65. The van der Waals surface area contributed by atoms with Crippen LogP contribution in [0, 0.1) is 17.8 Å². The van der Waals surface area contributed by atoms with Crippen molar-refractivity contribution in [2.45, 2.75) is 12.8 Å². The third kappa shape index (κ3) is 1.39. The van der Waals surface area contributed by atoms with Crippen molar-refractivity contribution in [3.63, 3.8) is 0 Å². The van der Waals surface area contributed by atoms with Gasteiger partial charge in [0.2, 0.25) is 0 Å². The predicted octanol–water partition coefficient (Wildman–Crippen LogP) is 0.581. The van der Waals surface area contributed by atoms with Gasteiger partial charge in [-0.25, -0.2) is 4.79 Å². The minimum absolute atomic E-state index is 0.528. The van der Waals surface area contributed by atoms with Crippen molar-refractivity contribution < 1.29 is 9.90 Å². The van der Waals surface area contributed by atoms with Crippen LogP contribution in [0.2, 0.25) is 0 Å². The molecule has 4 nitrogen and oxygen atoms in total. The summed E-state index contributed by atoms with van der Waals surface area (Å²) in [5.74, 6) is 1.63. The molecule has 0 aromatic rings. The van der Waals surface area contributed by atoms with Crippen LogP contribution < -0.4 is 5.73 Å². The SMILES string of the molecule is NCC1C2CCC1CN(C(=O)O)C2. The lowest BCUT2D eigenvalue weighted by molar-refractivity contribution is 0.0928. The lowest BCUT2D eigenvalue weighted by Crippen LogP contribution is -2.46. The van der Waals surface area contributed by atoms with E-state index >= 15 is 0 Å². The molecule has 2 unspecified atom stereocenters. The Morgan fingerprint density at radius 3 is 2.31 bits per heavy atom. The number of rotatable bonds is 1. The second-order valence-electron chi connectivity index (χ2n) is 4.18. The number of hydrogen-bond acceptors (Lipinski definition) is 2. The molecular formula is C9H16N2O2. The Morgan fingerprint density at radius 2 is 1.92 bits per heavy atom. The van der Waals surface area contributed by atoms with Crippen LogP contribution in [0.5, 0.6) is 0 Å². The summed E-state index contributed by atoms with van der Waals surface area (Å²) in [6.45, 7) is 2.13. The van der Waals surface area contributed by atoms with E-state index in [9.17, 15) is 4.79 Å². The van der Waals surface area contributed by atoms with Gasteiger partial charge in [0.15, 0.2) is 0 Å². The second-order valence-corrected chi connectivity index (χ2v) is 4.18. The first-order valence-corrected chi connectivity index (χ1v) is 4.90. The van der Waals surface area contributed by atoms with Gasteiger partial charge in [0.1, 0.15) is 0 Å². The summed E-state index contributed by atoms with van der Waals surface area (Å²) in [5.41, 5.74) is 5.68. The molecule has 0 radical (unpaired) electrons. The van der Waals surface area contributed by atoms with Crippen LogP contribution in [-0.2, 0) is 0 Å². The molecular weight excluding hydrogens is 168 g/mol. The topological polar surface area (TPSA) is 66.6 Å². The van der Waals surface area contributed by atoms with Crippen LogP contribution >= 0.6 is 0 Å². The molecule has 2 fully saturated rings. The van der Waals surface area contributed by atoms with Gasteiger partial charge in [-0.3, -0.25) is 0 Å². The average molecular weight is 184 g/mol. The van der Waals surface area contributed by atoms with Crippen molar-refractivity contribution in [2.24, 2.45) is 23.5 Å². The fourth-order valence-corrected chi connectivity index (χ4v) is 2.88. The Morgan fingerprint density at radius 1 is 1.38 bits per heavy atom. The maximum Gasteiger partial charge on any atom is 0.407 e. The number of amides is 1. The van der Waals surface area contributed by atoms with Crippen molar-refractivity contribution in [2.75, 3.05) is 19.6 Å². The summed E-state index contributed by atoms with van der Waals surface area (Å²) in [7, 11) is 0. The van der Waals surface area contributed by atoms with E-state index in [1.54, 1.807) is 4.90 Å². The molecule has 2 aliphatic rings. The van der Waals surface area contributed by atoms with E-state index in [0.717, 1.165) is 19.4 Å². The van der Waals surface area contributed by atoms with Gasteiger partial charge >= 0.3 is 6.09 Å². The molecule has 4 heteroatoms. The van der Waals surface area contributed by atoms with E-state index in [4.69, 9.17) is 10.8 Å². The molecule has 2 rings (SSSR count). The first kappa shape index (κ1) is 8.81. The molecule has 1 aliphatic carbocycles. The Bertz CT molecular complexity index is 206. The molecule has 1 amide bonds. The van der Waals surface area contributed by atoms with E-state index in [1.807, 2.05) is 0 Å². The normalized spacial score (nSPS) is 37.9. The van der Waals surface area contributed by atoms with Crippen LogP contribution in [0.1, 0.15) is 12.8 Å². The van der Waals surface area contributed by atoms with Crippen molar-refractivity contribution in [3.05, 3.63) is 0 Å². The summed E-state index contributed by atoms with van der Waals surface area (Å²) in [6, 6.07) is 0. The van der Waals surface area contributed by atoms with Gasteiger partial charge in [-0.05, 0) is 37.1 Å². The van der Waals surface area contributed by atoms with Crippen LogP contribution in [0.15, 0.2) is 0 Å². The Kier molecular flexibility index (Phi) is 2.15. The van der Waals surface area contributed by atoms with E-state index in [1.165, 1.54) is 0 Å². The zero-order valence-corrected chi connectivity index (χ0v) is 7.65. The highest BCUT2D eigenvalue weighted by atomic mass is 16.4. The molecule has 0 spiro atoms. The van der Waals surface area contributed by atoms with Crippen molar-refractivity contribution in [1.29, 1.82) is 0 Å². The second kappa shape index (κ2) is 3.18. The van der Waals surface area contributed by atoms with Gasteiger partial charge in [-0.1, -0.05) is 0 Å². The molecule has 1 saturated carbocycles. The van der Waals surface area contributed by atoms with Gasteiger partial charge in [-0.2, -0.15) is 0 Å². The lowest BCUT2D eigenvalue weighted by Gasteiger charge is -2.35. The van der Waals surface area contributed by atoms with E-state index in [-0.39, 0.29) is 0 Å². The number of nitrogens with zero attached hydrogens (tertiary/aromatic N) is 1. The summed E-state index contributed by atoms with van der Waals surface area (Å²) < 4.78 is 0. The number of likely N-dealkylation sites (tertiary alicyclic amines) is 1. The minimum Gasteiger partial charge on any atom is -0.465 e. The van der Waals surface area contributed by atoms with Crippen LogP contribution in [0.4, 0.5) is 4.79 Å². The van der Waals surface area contributed by atoms with Crippen LogP contribution in [-0.4, -0.2) is 35.7 Å². The van der Waals surface area contributed by atoms with E-state index in [2.05, 4.69) is 0 Å². The van der Waals surface area contributed by atoms with E-state index < -0.39 is 6.09 Å².